The highest BCUT2D eigenvalue weighted by molar-refractivity contribution is 6.08. The summed E-state index contributed by atoms with van der Waals surface area (Å²) in [5.74, 6) is -1.13. The molecule has 0 radical (unpaired) electrons. The van der Waals surface area contributed by atoms with E-state index in [1.807, 2.05) is 0 Å². The molecule has 2 rings (SSSR count). The lowest BCUT2D eigenvalue weighted by Gasteiger charge is -2.16. The molecule has 0 bridgehead atoms. The standard InChI is InChI=1S/C16H19N3O7/c1-9-6-12(19(23)24)13(25-2)7-11(9)17-14-10(16(22)26-3)8-18(4-5-20)15(14)21/h6-7,17,20H,4-5,8H2,1-3H3. The van der Waals surface area contributed by atoms with Gasteiger partial charge in [-0.15, -0.1) is 0 Å². The van der Waals surface area contributed by atoms with Crippen LogP contribution >= 0.6 is 0 Å². The van der Waals surface area contributed by atoms with Gasteiger partial charge in [0.05, 0.1) is 37.9 Å². The van der Waals surface area contributed by atoms with Crippen LogP contribution in [0.2, 0.25) is 0 Å². The maximum absolute atomic E-state index is 12.5. The van der Waals surface area contributed by atoms with Crippen molar-refractivity contribution in [2.75, 3.05) is 39.2 Å². The van der Waals surface area contributed by atoms with Gasteiger partial charge in [0.25, 0.3) is 5.91 Å². The van der Waals surface area contributed by atoms with Crippen LogP contribution in [0.15, 0.2) is 23.4 Å². The summed E-state index contributed by atoms with van der Waals surface area (Å²) in [6, 6.07) is 2.70. The Kier molecular flexibility index (Phi) is 5.78. The third-order valence-corrected chi connectivity index (χ3v) is 3.94. The number of nitrogens with zero attached hydrogens (tertiary/aromatic N) is 2. The fourth-order valence-electron chi connectivity index (χ4n) is 2.60. The average molecular weight is 365 g/mol. The number of hydrogen-bond acceptors (Lipinski definition) is 8. The molecule has 0 aliphatic carbocycles. The van der Waals surface area contributed by atoms with Gasteiger partial charge < -0.3 is 24.8 Å². The summed E-state index contributed by atoms with van der Waals surface area (Å²) in [6.45, 7) is 1.43. The average Bonchev–Trinajstić information content (AvgIpc) is 2.92. The molecule has 0 unspecified atom stereocenters. The number of carbonyl (C=O) groups is 2. The molecule has 0 spiro atoms. The lowest BCUT2D eigenvalue weighted by atomic mass is 10.1. The number of anilines is 1. The second-order valence-electron chi connectivity index (χ2n) is 5.52. The minimum absolute atomic E-state index is 0.00242. The Morgan fingerprint density at radius 2 is 2.12 bits per heavy atom. The zero-order valence-corrected chi connectivity index (χ0v) is 14.6. The van der Waals surface area contributed by atoms with Gasteiger partial charge in [-0.3, -0.25) is 14.9 Å². The number of aliphatic hydroxyl groups excluding tert-OH is 1. The Morgan fingerprint density at radius 1 is 1.42 bits per heavy atom. The number of nitro groups is 1. The second kappa shape index (κ2) is 7.83. The molecule has 0 fully saturated rings. The van der Waals surface area contributed by atoms with Crippen molar-refractivity contribution in [3.8, 4) is 5.75 Å². The second-order valence-corrected chi connectivity index (χ2v) is 5.52. The maximum Gasteiger partial charge on any atom is 0.337 e. The number of nitro benzene ring substituents is 1. The molecule has 2 N–H and O–H groups in total. The lowest BCUT2D eigenvalue weighted by molar-refractivity contribution is -0.385. The van der Waals surface area contributed by atoms with E-state index in [1.54, 1.807) is 6.92 Å². The fourth-order valence-corrected chi connectivity index (χ4v) is 2.60. The molecule has 0 aromatic heterocycles. The first-order valence-corrected chi connectivity index (χ1v) is 7.65. The van der Waals surface area contributed by atoms with Crippen LogP contribution in [-0.2, 0) is 14.3 Å². The molecule has 140 valence electrons. The Balaban J connectivity index is 2.45. The molecule has 10 nitrogen and oxygen atoms in total. The quantitative estimate of drug-likeness (QED) is 0.408. The van der Waals surface area contributed by atoms with Crippen molar-refractivity contribution in [1.29, 1.82) is 0 Å². The van der Waals surface area contributed by atoms with Gasteiger partial charge in [0.15, 0.2) is 5.75 Å². The fraction of sp³-hybridized carbons (Fsp3) is 0.375. The van der Waals surface area contributed by atoms with Crippen molar-refractivity contribution in [2.45, 2.75) is 6.92 Å². The minimum Gasteiger partial charge on any atom is -0.490 e. The van der Waals surface area contributed by atoms with Crippen LogP contribution in [0.3, 0.4) is 0 Å². The molecular weight excluding hydrogens is 346 g/mol. The number of β-amino-alcohol motifs (C(OH)–C–C–N with tert-alkyl or cyclic N) is 1. The van der Waals surface area contributed by atoms with Crippen LogP contribution in [0.25, 0.3) is 0 Å². The summed E-state index contributed by atoms with van der Waals surface area (Å²) in [5, 5.41) is 23.0. The number of amides is 1. The van der Waals surface area contributed by atoms with E-state index in [2.05, 4.69) is 5.32 Å². The number of carbonyl (C=O) groups excluding carboxylic acids is 2. The SMILES string of the molecule is COC(=O)C1=C(Nc2cc(OC)c([N+](=O)[O-])cc2C)C(=O)N(CCO)C1. The number of benzene rings is 1. The first kappa shape index (κ1) is 19.2. The molecule has 1 amide bonds. The minimum atomic E-state index is -0.673. The highest BCUT2D eigenvalue weighted by Crippen LogP contribution is 2.34. The Labute approximate surface area is 149 Å². The van der Waals surface area contributed by atoms with E-state index in [9.17, 15) is 19.7 Å². The van der Waals surface area contributed by atoms with Gasteiger partial charge in [0.1, 0.15) is 5.70 Å². The summed E-state index contributed by atoms with van der Waals surface area (Å²) >= 11 is 0. The molecule has 26 heavy (non-hydrogen) atoms. The number of hydrogen-bond donors (Lipinski definition) is 2. The van der Waals surface area contributed by atoms with Crippen molar-refractivity contribution < 1.29 is 29.1 Å². The van der Waals surface area contributed by atoms with Crippen LogP contribution in [-0.4, -0.2) is 60.7 Å². The van der Waals surface area contributed by atoms with Gasteiger partial charge in [0, 0.05) is 24.4 Å². The first-order valence-electron chi connectivity index (χ1n) is 7.65. The topological polar surface area (TPSA) is 131 Å². The molecule has 1 aliphatic rings. The zero-order valence-electron chi connectivity index (χ0n) is 14.6. The predicted octanol–water partition coefficient (Wildman–Crippen LogP) is 0.585. The van der Waals surface area contributed by atoms with E-state index in [0.29, 0.717) is 11.3 Å². The van der Waals surface area contributed by atoms with Crippen LogP contribution < -0.4 is 10.1 Å². The Hall–Kier alpha value is -3.14. The highest BCUT2D eigenvalue weighted by Gasteiger charge is 2.35. The van der Waals surface area contributed by atoms with Gasteiger partial charge in [-0.05, 0) is 12.5 Å². The Bertz CT molecular complexity index is 788. The molecule has 1 aliphatic heterocycles. The molecular formula is C16H19N3O7. The van der Waals surface area contributed by atoms with Crippen LogP contribution in [0.4, 0.5) is 11.4 Å². The molecule has 0 saturated carbocycles. The van der Waals surface area contributed by atoms with E-state index in [1.165, 1.54) is 31.3 Å². The van der Waals surface area contributed by atoms with Gasteiger partial charge in [-0.2, -0.15) is 0 Å². The van der Waals surface area contributed by atoms with Gasteiger partial charge in [-0.1, -0.05) is 0 Å². The monoisotopic (exact) mass is 365 g/mol. The van der Waals surface area contributed by atoms with E-state index in [4.69, 9.17) is 14.6 Å². The van der Waals surface area contributed by atoms with Crippen molar-refractivity contribution >= 4 is 23.3 Å². The highest BCUT2D eigenvalue weighted by atomic mass is 16.6. The molecule has 1 aromatic carbocycles. The van der Waals surface area contributed by atoms with Crippen LogP contribution in [0, 0.1) is 17.0 Å². The number of rotatable bonds is 7. The number of esters is 1. The van der Waals surface area contributed by atoms with Gasteiger partial charge >= 0.3 is 11.7 Å². The zero-order chi connectivity index (χ0) is 19.4. The van der Waals surface area contributed by atoms with E-state index < -0.39 is 16.8 Å². The van der Waals surface area contributed by atoms with Crippen molar-refractivity contribution in [3.63, 3.8) is 0 Å². The van der Waals surface area contributed by atoms with E-state index in [-0.39, 0.29) is 42.4 Å². The van der Waals surface area contributed by atoms with Crippen molar-refractivity contribution in [3.05, 3.63) is 39.1 Å². The third kappa shape index (κ3) is 3.59. The Morgan fingerprint density at radius 3 is 2.65 bits per heavy atom. The van der Waals surface area contributed by atoms with Crippen LogP contribution in [0.1, 0.15) is 5.56 Å². The van der Waals surface area contributed by atoms with Crippen molar-refractivity contribution in [1.82, 2.24) is 4.90 Å². The third-order valence-electron chi connectivity index (χ3n) is 3.94. The van der Waals surface area contributed by atoms with Gasteiger partial charge in [0.2, 0.25) is 0 Å². The molecule has 1 aromatic rings. The molecule has 0 atom stereocenters. The number of ether oxygens (including phenoxy) is 2. The number of aryl methyl sites for hydroxylation is 1. The summed E-state index contributed by atoms with van der Waals surface area (Å²) in [4.78, 5) is 36.3. The van der Waals surface area contributed by atoms with Crippen LogP contribution in [0.5, 0.6) is 5.75 Å². The first-order chi connectivity index (χ1) is 12.3. The largest absolute Gasteiger partial charge is 0.490 e. The number of nitrogens with one attached hydrogen (secondary N) is 1. The number of aliphatic hydroxyl groups is 1. The lowest BCUT2D eigenvalue weighted by Crippen LogP contribution is -2.31. The predicted molar refractivity (Wildman–Crippen MR) is 90.7 cm³/mol. The number of methoxy groups -OCH3 is 2. The molecule has 0 saturated heterocycles. The van der Waals surface area contributed by atoms with Gasteiger partial charge in [-0.25, -0.2) is 4.79 Å². The van der Waals surface area contributed by atoms with E-state index in [0.717, 1.165) is 0 Å². The smallest absolute Gasteiger partial charge is 0.337 e. The summed E-state index contributed by atoms with van der Waals surface area (Å²) < 4.78 is 9.74. The normalized spacial score (nSPS) is 13.8. The summed E-state index contributed by atoms with van der Waals surface area (Å²) in [6.07, 6.45) is 0. The van der Waals surface area contributed by atoms with Crippen molar-refractivity contribution in [2.24, 2.45) is 0 Å². The van der Waals surface area contributed by atoms with E-state index >= 15 is 0 Å². The molecule has 10 heteroatoms. The molecule has 1 heterocycles. The maximum atomic E-state index is 12.5. The summed E-state index contributed by atoms with van der Waals surface area (Å²) in [5.41, 5.74) is 0.773. The summed E-state index contributed by atoms with van der Waals surface area (Å²) in [7, 11) is 2.50.